The van der Waals surface area contributed by atoms with Crippen molar-refractivity contribution in [1.82, 2.24) is 5.32 Å². The summed E-state index contributed by atoms with van der Waals surface area (Å²) in [5.41, 5.74) is 2.80. The Bertz CT molecular complexity index is 563. The smallest absolute Gasteiger partial charge is 0.123 e. The second-order valence-corrected chi connectivity index (χ2v) is 9.08. The van der Waals surface area contributed by atoms with Gasteiger partial charge in [0.25, 0.3) is 0 Å². The fourth-order valence-electron chi connectivity index (χ4n) is 6.78. The zero-order chi connectivity index (χ0) is 15.4. The molecule has 1 aromatic carbocycles. The first-order chi connectivity index (χ1) is 10.4. The van der Waals surface area contributed by atoms with Gasteiger partial charge in [-0.1, -0.05) is 32.0 Å². The quantitative estimate of drug-likeness (QED) is 0.881. The maximum Gasteiger partial charge on any atom is 0.123 e. The van der Waals surface area contributed by atoms with E-state index in [0.717, 1.165) is 18.2 Å². The largest absolute Gasteiger partial charge is 0.496 e. The number of methoxy groups -OCH3 is 1. The lowest BCUT2D eigenvalue weighted by molar-refractivity contribution is -0.118. The minimum absolute atomic E-state index is 0.365. The molecule has 0 amide bonds. The Morgan fingerprint density at radius 2 is 1.73 bits per heavy atom. The highest BCUT2D eigenvalue weighted by molar-refractivity contribution is 5.33. The summed E-state index contributed by atoms with van der Waals surface area (Å²) in [4.78, 5) is 0. The van der Waals surface area contributed by atoms with E-state index in [1.54, 1.807) is 7.11 Å². The van der Waals surface area contributed by atoms with E-state index in [0.29, 0.717) is 16.4 Å². The van der Waals surface area contributed by atoms with Crippen LogP contribution in [0.2, 0.25) is 0 Å². The van der Waals surface area contributed by atoms with E-state index in [4.69, 9.17) is 4.74 Å². The van der Waals surface area contributed by atoms with Crippen LogP contribution in [-0.4, -0.2) is 12.6 Å². The molecule has 22 heavy (non-hydrogen) atoms. The zero-order valence-electron chi connectivity index (χ0n) is 14.2. The number of hydrogen-bond donors (Lipinski definition) is 1. The van der Waals surface area contributed by atoms with Crippen LogP contribution in [-0.2, 0) is 6.54 Å². The van der Waals surface area contributed by atoms with E-state index in [2.05, 4.69) is 43.4 Å². The lowest BCUT2D eigenvalue weighted by atomic mass is 9.43. The van der Waals surface area contributed by atoms with E-state index >= 15 is 0 Å². The number of benzene rings is 1. The maximum atomic E-state index is 5.52. The molecule has 120 valence electrons. The van der Waals surface area contributed by atoms with Gasteiger partial charge in [0, 0.05) is 17.6 Å². The van der Waals surface area contributed by atoms with Gasteiger partial charge in [-0.05, 0) is 61.3 Å². The van der Waals surface area contributed by atoms with Crippen molar-refractivity contribution < 1.29 is 4.74 Å². The monoisotopic (exact) mass is 299 g/mol. The van der Waals surface area contributed by atoms with Crippen molar-refractivity contribution in [3.8, 4) is 5.75 Å². The van der Waals surface area contributed by atoms with Gasteiger partial charge in [-0.15, -0.1) is 0 Å². The van der Waals surface area contributed by atoms with Gasteiger partial charge in [-0.2, -0.15) is 0 Å². The van der Waals surface area contributed by atoms with Gasteiger partial charge in [0.05, 0.1) is 7.11 Å². The highest BCUT2D eigenvalue weighted by Gasteiger charge is 2.59. The van der Waals surface area contributed by atoms with Crippen LogP contribution in [0.25, 0.3) is 0 Å². The molecule has 1 N–H and O–H groups in total. The lowest BCUT2D eigenvalue weighted by Crippen LogP contribution is -2.63. The Kier molecular flexibility index (Phi) is 3.14. The summed E-state index contributed by atoms with van der Waals surface area (Å²) in [5, 5.41) is 3.99. The van der Waals surface area contributed by atoms with Crippen molar-refractivity contribution in [3.05, 3.63) is 29.8 Å². The highest BCUT2D eigenvalue weighted by atomic mass is 16.5. The van der Waals surface area contributed by atoms with Crippen molar-refractivity contribution in [2.45, 2.75) is 64.5 Å². The van der Waals surface area contributed by atoms with Gasteiger partial charge in [0.2, 0.25) is 0 Å². The second-order valence-electron chi connectivity index (χ2n) is 9.08. The van der Waals surface area contributed by atoms with E-state index in [1.807, 2.05) is 0 Å². The summed E-state index contributed by atoms with van der Waals surface area (Å²) in [6.07, 6.45) is 8.46. The maximum absolute atomic E-state index is 5.52. The molecule has 0 radical (unpaired) electrons. The molecular weight excluding hydrogens is 270 g/mol. The van der Waals surface area contributed by atoms with Crippen molar-refractivity contribution in [2.75, 3.05) is 7.11 Å². The Balaban J connectivity index is 1.55. The molecule has 4 fully saturated rings. The van der Waals surface area contributed by atoms with Crippen LogP contribution >= 0.6 is 0 Å². The molecule has 4 atom stereocenters. The molecule has 0 spiro atoms. The van der Waals surface area contributed by atoms with Crippen molar-refractivity contribution in [1.29, 1.82) is 0 Å². The Labute approximate surface area is 134 Å². The number of hydrogen-bond acceptors (Lipinski definition) is 2. The number of rotatable bonds is 4. The summed E-state index contributed by atoms with van der Waals surface area (Å²) in [5.74, 6) is 1.95. The summed E-state index contributed by atoms with van der Waals surface area (Å²) < 4.78 is 5.52. The molecule has 0 aromatic heterocycles. The third-order valence-corrected chi connectivity index (χ3v) is 6.47. The molecule has 4 aliphatic carbocycles. The molecule has 0 heterocycles. The first kappa shape index (κ1) is 14.6. The van der Waals surface area contributed by atoms with Gasteiger partial charge in [-0.3, -0.25) is 0 Å². The zero-order valence-corrected chi connectivity index (χ0v) is 14.2. The minimum Gasteiger partial charge on any atom is -0.496 e. The first-order valence-corrected chi connectivity index (χ1v) is 8.80. The van der Waals surface area contributed by atoms with Crippen LogP contribution < -0.4 is 10.1 Å². The molecule has 2 heteroatoms. The van der Waals surface area contributed by atoms with Crippen LogP contribution in [0.4, 0.5) is 0 Å². The third-order valence-electron chi connectivity index (χ3n) is 6.47. The summed E-state index contributed by atoms with van der Waals surface area (Å²) in [6.45, 7) is 6.01. The van der Waals surface area contributed by atoms with Gasteiger partial charge in [0.15, 0.2) is 0 Å². The molecule has 4 saturated carbocycles. The Hall–Kier alpha value is -1.02. The van der Waals surface area contributed by atoms with E-state index in [1.165, 1.54) is 44.1 Å². The van der Waals surface area contributed by atoms with Crippen LogP contribution in [0, 0.1) is 16.7 Å². The average Bonchev–Trinajstić information content (AvgIpc) is 2.41. The normalized spacial score (nSPS) is 42.6. The number of nitrogens with one attached hydrogen (secondary N) is 1. The summed E-state index contributed by atoms with van der Waals surface area (Å²) in [6, 6.07) is 8.42. The molecule has 0 aliphatic heterocycles. The molecule has 0 saturated heterocycles. The Morgan fingerprint density at radius 1 is 1.05 bits per heavy atom. The Morgan fingerprint density at radius 3 is 2.36 bits per heavy atom. The minimum atomic E-state index is 0.365. The van der Waals surface area contributed by atoms with Crippen LogP contribution in [0.5, 0.6) is 5.75 Å². The van der Waals surface area contributed by atoms with Crippen molar-refractivity contribution in [2.24, 2.45) is 16.7 Å². The molecule has 5 rings (SSSR count). The highest BCUT2D eigenvalue weighted by Crippen LogP contribution is 2.66. The molecular formula is C20H29NO. The van der Waals surface area contributed by atoms with Crippen LogP contribution in [0.15, 0.2) is 24.3 Å². The molecule has 2 nitrogen and oxygen atoms in total. The summed E-state index contributed by atoms with van der Waals surface area (Å²) >= 11 is 0. The van der Waals surface area contributed by atoms with Gasteiger partial charge in [-0.25, -0.2) is 0 Å². The van der Waals surface area contributed by atoms with Crippen molar-refractivity contribution >= 4 is 0 Å². The standard InChI is InChI=1S/C20H29NO/c1-18-8-15-9-19(2,12-18)14-20(10-15,13-18)21-11-16-6-4-5-7-17(16)22-3/h4-7,15,21H,8-14H2,1-3H3/t15?,18-,19+,20?. The third kappa shape index (κ3) is 2.36. The summed E-state index contributed by atoms with van der Waals surface area (Å²) in [7, 11) is 1.77. The fraction of sp³-hybridized carbons (Fsp3) is 0.700. The van der Waals surface area contributed by atoms with Crippen LogP contribution in [0.1, 0.15) is 57.9 Å². The lowest BCUT2D eigenvalue weighted by Gasteiger charge is -2.65. The fourth-order valence-corrected chi connectivity index (χ4v) is 6.78. The first-order valence-electron chi connectivity index (χ1n) is 8.80. The second kappa shape index (κ2) is 4.74. The SMILES string of the molecule is COc1ccccc1CNC12CC3C[C@@](C)(C1)C[C@](C)(C3)C2. The van der Waals surface area contributed by atoms with Crippen LogP contribution in [0.3, 0.4) is 0 Å². The number of ether oxygens (including phenoxy) is 1. The predicted molar refractivity (Wildman–Crippen MR) is 90.0 cm³/mol. The molecule has 1 aromatic rings. The molecule has 2 unspecified atom stereocenters. The average molecular weight is 299 g/mol. The number of para-hydroxylation sites is 1. The van der Waals surface area contributed by atoms with Gasteiger partial charge >= 0.3 is 0 Å². The van der Waals surface area contributed by atoms with Gasteiger partial charge in [0.1, 0.15) is 5.75 Å². The van der Waals surface area contributed by atoms with Gasteiger partial charge < -0.3 is 10.1 Å². The van der Waals surface area contributed by atoms with E-state index in [9.17, 15) is 0 Å². The van der Waals surface area contributed by atoms with E-state index < -0.39 is 0 Å². The van der Waals surface area contributed by atoms with Crippen molar-refractivity contribution in [3.63, 3.8) is 0 Å². The predicted octanol–water partition coefficient (Wildman–Crippen LogP) is 4.53. The molecule has 4 bridgehead atoms. The topological polar surface area (TPSA) is 21.3 Å². The molecule has 4 aliphatic rings. The van der Waals surface area contributed by atoms with E-state index in [-0.39, 0.29) is 0 Å².